The molecule has 1 atom stereocenters. The number of aryl methyl sites for hydroxylation is 1. The second kappa shape index (κ2) is 12.1. The summed E-state index contributed by atoms with van der Waals surface area (Å²) >= 11 is 1.04. The summed E-state index contributed by atoms with van der Waals surface area (Å²) in [4.78, 5) is 56.2. The zero-order valence-electron chi connectivity index (χ0n) is 22.1. The molecule has 4 aromatic rings. The summed E-state index contributed by atoms with van der Waals surface area (Å²) in [6.07, 6.45) is 1.41. The molecule has 2 aromatic carbocycles. The van der Waals surface area contributed by atoms with Gasteiger partial charge in [-0.25, -0.2) is 14.7 Å². The van der Waals surface area contributed by atoms with Gasteiger partial charge < -0.3 is 13.9 Å². The van der Waals surface area contributed by atoms with Crippen LogP contribution in [0.5, 0.6) is 5.75 Å². The van der Waals surface area contributed by atoms with Crippen molar-refractivity contribution in [1.29, 1.82) is 0 Å². The Labute approximate surface area is 238 Å². The van der Waals surface area contributed by atoms with Gasteiger partial charge in [0, 0.05) is 12.0 Å². The summed E-state index contributed by atoms with van der Waals surface area (Å²) in [6, 6.07) is 15.9. The van der Waals surface area contributed by atoms with Crippen LogP contribution in [0.3, 0.4) is 0 Å². The molecule has 0 bridgehead atoms. The molecule has 0 aliphatic carbocycles. The van der Waals surface area contributed by atoms with E-state index in [1.807, 2.05) is 13.8 Å². The average molecular weight is 573 g/mol. The van der Waals surface area contributed by atoms with Gasteiger partial charge in [0.15, 0.2) is 18.2 Å². The number of hydrogen-bond donors (Lipinski definition) is 0. The van der Waals surface area contributed by atoms with Crippen molar-refractivity contribution in [3.8, 4) is 17.2 Å². The van der Waals surface area contributed by atoms with Crippen LogP contribution in [0.15, 0.2) is 76.4 Å². The van der Waals surface area contributed by atoms with E-state index in [2.05, 4.69) is 15.2 Å². The van der Waals surface area contributed by atoms with E-state index in [1.165, 1.54) is 30.5 Å². The maximum atomic E-state index is 13.1. The van der Waals surface area contributed by atoms with E-state index in [-0.39, 0.29) is 22.9 Å². The van der Waals surface area contributed by atoms with E-state index in [9.17, 15) is 19.2 Å². The largest absolute Gasteiger partial charge is 0.494 e. The molecular weight excluding hydrogens is 548 g/mol. The van der Waals surface area contributed by atoms with Crippen LogP contribution in [0.1, 0.15) is 39.8 Å². The average Bonchev–Trinajstić information content (AvgIpc) is 3.54. The number of carbonyl (C=O) groups is 4. The van der Waals surface area contributed by atoms with Crippen molar-refractivity contribution >= 4 is 41.0 Å². The molecule has 1 fully saturated rings. The van der Waals surface area contributed by atoms with Crippen molar-refractivity contribution in [3.05, 3.63) is 83.7 Å². The number of amides is 2. The number of benzene rings is 2. The summed E-state index contributed by atoms with van der Waals surface area (Å²) in [5, 5.41) is 7.42. The number of carbonyl (C=O) groups excluding carboxylic acids is 4. The maximum Gasteiger partial charge on any atom is 0.338 e. The Morgan fingerprint density at radius 3 is 2.44 bits per heavy atom. The minimum atomic E-state index is -0.740. The van der Waals surface area contributed by atoms with Gasteiger partial charge in [-0.05, 0) is 74.5 Å². The second-order valence-corrected chi connectivity index (χ2v) is 10.1. The summed E-state index contributed by atoms with van der Waals surface area (Å²) in [5.41, 5.74) is 1.33. The van der Waals surface area contributed by atoms with Gasteiger partial charge in [-0.15, -0.1) is 5.10 Å². The Balaban J connectivity index is 1.19. The Morgan fingerprint density at radius 1 is 1.02 bits per heavy atom. The number of rotatable bonds is 10. The van der Waals surface area contributed by atoms with E-state index in [0.717, 1.165) is 22.4 Å². The fraction of sp³-hybridized carbons (Fsp3) is 0.207. The van der Waals surface area contributed by atoms with Crippen LogP contribution in [0.25, 0.3) is 11.5 Å². The first kappa shape index (κ1) is 27.7. The number of nitrogens with zero attached hydrogens (tertiary/aromatic N) is 4. The Morgan fingerprint density at radius 2 is 1.76 bits per heavy atom. The molecule has 11 nitrogen and oxygen atoms in total. The van der Waals surface area contributed by atoms with Crippen LogP contribution >= 0.6 is 11.8 Å². The molecule has 1 aliphatic rings. The molecule has 2 aromatic heterocycles. The van der Waals surface area contributed by atoms with Crippen LogP contribution in [0, 0.1) is 6.92 Å². The van der Waals surface area contributed by atoms with Gasteiger partial charge >= 0.3 is 5.97 Å². The fourth-order valence-corrected chi connectivity index (χ4v) is 5.00. The molecule has 41 heavy (non-hydrogen) atoms. The zero-order chi connectivity index (χ0) is 28.9. The number of furan rings is 1. The number of ether oxygens (including phenoxy) is 2. The monoisotopic (exact) mass is 572 g/mol. The predicted octanol–water partition coefficient (Wildman–Crippen LogP) is 4.30. The normalized spacial score (nSPS) is 14.8. The van der Waals surface area contributed by atoms with E-state index >= 15 is 0 Å². The first-order valence-electron chi connectivity index (χ1n) is 12.7. The minimum Gasteiger partial charge on any atom is -0.494 e. The van der Waals surface area contributed by atoms with Gasteiger partial charge in [0.25, 0.3) is 0 Å². The summed E-state index contributed by atoms with van der Waals surface area (Å²) in [6.45, 7) is 3.75. The molecule has 2 amide bonds. The number of imide groups is 1. The highest BCUT2D eigenvalue weighted by molar-refractivity contribution is 8.00. The number of esters is 1. The third-order valence-electron chi connectivity index (χ3n) is 6.07. The third-order valence-corrected chi connectivity index (χ3v) is 7.10. The Bertz CT molecular complexity index is 1600. The fourth-order valence-electron chi connectivity index (χ4n) is 4.07. The molecule has 12 heteroatoms. The number of Topliss-reactive ketones (excluding diaryl/α,β-unsaturated/α-hetero) is 1. The lowest BCUT2D eigenvalue weighted by molar-refractivity contribution is -0.121. The first-order valence-corrected chi connectivity index (χ1v) is 13.5. The van der Waals surface area contributed by atoms with Gasteiger partial charge in [-0.1, -0.05) is 11.8 Å². The minimum absolute atomic E-state index is 0.0472. The van der Waals surface area contributed by atoms with Crippen molar-refractivity contribution in [2.45, 2.75) is 30.7 Å². The highest BCUT2D eigenvalue weighted by Crippen LogP contribution is 2.33. The zero-order valence-corrected chi connectivity index (χ0v) is 22.9. The number of aromatic nitrogens is 3. The highest BCUT2D eigenvalue weighted by atomic mass is 32.2. The lowest BCUT2D eigenvalue weighted by atomic mass is 10.1. The summed E-state index contributed by atoms with van der Waals surface area (Å²) in [5.74, 6) is -0.0154. The maximum absolute atomic E-state index is 13.1. The molecular formula is C29H24N4O7S. The first-order chi connectivity index (χ1) is 19.8. The third kappa shape index (κ3) is 6.33. The van der Waals surface area contributed by atoms with Crippen LogP contribution in [-0.2, 0) is 14.3 Å². The van der Waals surface area contributed by atoms with Crippen LogP contribution in [0.2, 0.25) is 0 Å². The standard InChI is InChI=1S/C29H24N4O7S/c1-3-38-21-11-7-18(8-12-21)23(34)16-39-28(37)19-5-9-20(10-6-19)33-26(35)14-25(27(33)36)41-29-31-22(15-30-32-29)24-13-4-17(2)40-24/h4-13,15,25H,3,14,16H2,1-2H3. The van der Waals surface area contributed by atoms with Crippen molar-refractivity contribution < 1.29 is 33.1 Å². The Hall–Kier alpha value is -4.84. The van der Waals surface area contributed by atoms with E-state index in [0.29, 0.717) is 35.1 Å². The van der Waals surface area contributed by atoms with Crippen molar-refractivity contribution in [3.63, 3.8) is 0 Å². The van der Waals surface area contributed by atoms with Crippen molar-refractivity contribution in [2.75, 3.05) is 18.1 Å². The summed E-state index contributed by atoms with van der Waals surface area (Å²) < 4.78 is 16.1. The van der Waals surface area contributed by atoms with Gasteiger partial charge in [0.05, 0.1) is 24.1 Å². The van der Waals surface area contributed by atoms with Crippen molar-refractivity contribution in [1.82, 2.24) is 15.2 Å². The lowest BCUT2D eigenvalue weighted by Gasteiger charge is -2.15. The van der Waals surface area contributed by atoms with Crippen LogP contribution in [-0.4, -0.2) is 57.2 Å². The van der Waals surface area contributed by atoms with Crippen LogP contribution in [0.4, 0.5) is 5.69 Å². The molecule has 0 spiro atoms. The number of hydrogen-bond acceptors (Lipinski definition) is 11. The molecule has 1 aliphatic heterocycles. The van der Waals surface area contributed by atoms with E-state index in [1.54, 1.807) is 36.4 Å². The molecule has 208 valence electrons. The van der Waals surface area contributed by atoms with Crippen molar-refractivity contribution in [2.24, 2.45) is 0 Å². The molecule has 0 saturated carbocycles. The second-order valence-electron chi connectivity index (χ2n) is 8.92. The SMILES string of the molecule is CCOc1ccc(C(=O)COC(=O)c2ccc(N3C(=O)CC(Sc4nncc(-c5ccc(C)o5)n4)C3=O)cc2)cc1. The van der Waals surface area contributed by atoms with E-state index < -0.39 is 29.6 Å². The molecule has 1 unspecified atom stereocenters. The Kier molecular flexibility index (Phi) is 8.20. The summed E-state index contributed by atoms with van der Waals surface area (Å²) in [7, 11) is 0. The molecule has 0 N–H and O–H groups in total. The smallest absolute Gasteiger partial charge is 0.338 e. The van der Waals surface area contributed by atoms with Gasteiger partial charge in [0.2, 0.25) is 17.0 Å². The molecule has 0 radical (unpaired) electrons. The van der Waals surface area contributed by atoms with Gasteiger partial charge in [-0.2, -0.15) is 5.10 Å². The number of thioether (sulfide) groups is 1. The molecule has 1 saturated heterocycles. The topological polar surface area (TPSA) is 142 Å². The van der Waals surface area contributed by atoms with Gasteiger partial charge in [-0.3, -0.25) is 14.4 Å². The highest BCUT2D eigenvalue weighted by Gasteiger charge is 2.41. The number of ketones is 1. The number of anilines is 1. The van der Waals surface area contributed by atoms with Crippen LogP contribution < -0.4 is 9.64 Å². The van der Waals surface area contributed by atoms with E-state index in [4.69, 9.17) is 13.9 Å². The molecule has 3 heterocycles. The quantitative estimate of drug-likeness (QED) is 0.152. The van der Waals surface area contributed by atoms with Gasteiger partial charge in [0.1, 0.15) is 22.5 Å². The predicted molar refractivity (Wildman–Crippen MR) is 148 cm³/mol. The molecule has 5 rings (SSSR count). The lowest BCUT2D eigenvalue weighted by Crippen LogP contribution is -2.31.